The minimum Gasteiger partial charge on any atom is -0.309 e. The first-order chi connectivity index (χ1) is 22.2. The monoisotopic (exact) mass is 574 g/mol. The average molecular weight is 575 g/mol. The van der Waals surface area contributed by atoms with E-state index < -0.39 is 0 Å². The van der Waals surface area contributed by atoms with Crippen molar-refractivity contribution >= 4 is 43.6 Å². The lowest BCUT2D eigenvalue weighted by Crippen LogP contribution is -1.95. The topological polar surface area (TPSA) is 9.86 Å². The number of hydrogen-bond acceptors (Lipinski definition) is 0. The first kappa shape index (κ1) is 25.6. The summed E-state index contributed by atoms with van der Waals surface area (Å²) < 4.78 is 4.85. The largest absolute Gasteiger partial charge is 0.309 e. The highest BCUT2D eigenvalue weighted by atomic mass is 15.0. The van der Waals surface area contributed by atoms with Crippen LogP contribution in [0.5, 0.6) is 0 Å². The van der Waals surface area contributed by atoms with Crippen molar-refractivity contribution in [3.05, 3.63) is 169 Å². The highest BCUT2D eigenvalue weighted by Gasteiger charge is 2.20. The van der Waals surface area contributed by atoms with E-state index in [0.717, 1.165) is 5.69 Å². The summed E-state index contributed by atoms with van der Waals surface area (Å²) in [5.41, 5.74) is 13.4. The second-order valence-corrected chi connectivity index (χ2v) is 11.9. The zero-order valence-corrected chi connectivity index (χ0v) is 25.0. The van der Waals surface area contributed by atoms with Gasteiger partial charge in [0.2, 0.25) is 0 Å². The van der Waals surface area contributed by atoms with Crippen molar-refractivity contribution in [1.82, 2.24) is 9.13 Å². The van der Waals surface area contributed by atoms with Gasteiger partial charge in [0, 0.05) is 32.9 Å². The van der Waals surface area contributed by atoms with Gasteiger partial charge in [-0.15, -0.1) is 0 Å². The number of aryl methyl sites for hydroxylation is 1. The van der Waals surface area contributed by atoms with E-state index in [1.165, 1.54) is 77.1 Å². The van der Waals surface area contributed by atoms with E-state index in [2.05, 4.69) is 180 Å². The molecule has 0 fully saturated rings. The Bertz CT molecular complexity index is 2530. The molecule has 0 spiro atoms. The van der Waals surface area contributed by atoms with Crippen molar-refractivity contribution in [2.24, 2.45) is 0 Å². The molecule has 45 heavy (non-hydrogen) atoms. The number of rotatable bonds is 4. The standard InChI is InChI=1S/C43H30N2/c1-29-11-9-15-34(27-29)44-38-19-7-5-17-36(38)42-40(44)25-26-41-43(42)37-18-6-8-20-39(37)45(41)35-16-10-14-33(28-35)32-23-21-31(22-24-32)30-12-3-2-4-13-30/h2-28H,1H3. The second-order valence-electron chi connectivity index (χ2n) is 11.9. The van der Waals surface area contributed by atoms with Gasteiger partial charge in [-0.3, -0.25) is 0 Å². The minimum atomic E-state index is 1.16. The lowest BCUT2D eigenvalue weighted by Gasteiger charge is -2.11. The fourth-order valence-electron chi connectivity index (χ4n) is 7.15. The van der Waals surface area contributed by atoms with Gasteiger partial charge in [-0.25, -0.2) is 0 Å². The average Bonchev–Trinajstić information content (AvgIpc) is 3.62. The first-order valence-electron chi connectivity index (χ1n) is 15.5. The Labute approximate surface area is 262 Å². The summed E-state index contributed by atoms with van der Waals surface area (Å²) in [6.07, 6.45) is 0. The number of nitrogens with zero attached hydrogens (tertiary/aromatic N) is 2. The maximum Gasteiger partial charge on any atom is 0.0548 e. The third-order valence-corrected chi connectivity index (χ3v) is 9.16. The Morgan fingerprint density at radius 3 is 1.40 bits per heavy atom. The zero-order valence-electron chi connectivity index (χ0n) is 25.0. The molecule has 9 aromatic rings. The predicted molar refractivity (Wildman–Crippen MR) is 191 cm³/mol. The molecule has 0 saturated heterocycles. The van der Waals surface area contributed by atoms with E-state index in [0.29, 0.717) is 0 Å². The maximum absolute atomic E-state index is 2.44. The van der Waals surface area contributed by atoms with Gasteiger partial charge in [0.25, 0.3) is 0 Å². The molecule has 0 amide bonds. The van der Waals surface area contributed by atoms with Crippen LogP contribution in [-0.2, 0) is 0 Å². The molecule has 2 heterocycles. The fraction of sp³-hybridized carbons (Fsp3) is 0.0233. The van der Waals surface area contributed by atoms with Gasteiger partial charge in [-0.1, -0.05) is 115 Å². The molecule has 0 N–H and O–H groups in total. The Kier molecular flexibility index (Phi) is 5.76. The Morgan fingerprint density at radius 1 is 0.333 bits per heavy atom. The third kappa shape index (κ3) is 4.03. The molecular weight excluding hydrogens is 544 g/mol. The van der Waals surface area contributed by atoms with E-state index in [1.54, 1.807) is 0 Å². The molecule has 0 saturated carbocycles. The van der Waals surface area contributed by atoms with Crippen LogP contribution in [0.1, 0.15) is 5.56 Å². The van der Waals surface area contributed by atoms with Gasteiger partial charge in [0.15, 0.2) is 0 Å². The van der Waals surface area contributed by atoms with E-state index in [4.69, 9.17) is 0 Å². The van der Waals surface area contributed by atoms with Gasteiger partial charge in [-0.05, 0) is 83.3 Å². The van der Waals surface area contributed by atoms with Crippen LogP contribution in [0.3, 0.4) is 0 Å². The van der Waals surface area contributed by atoms with E-state index in [1.807, 2.05) is 0 Å². The smallest absolute Gasteiger partial charge is 0.0548 e. The van der Waals surface area contributed by atoms with E-state index in [9.17, 15) is 0 Å². The summed E-state index contributed by atoms with van der Waals surface area (Å²) >= 11 is 0. The van der Waals surface area contributed by atoms with Crippen molar-refractivity contribution in [2.45, 2.75) is 6.92 Å². The Morgan fingerprint density at radius 2 is 0.800 bits per heavy atom. The van der Waals surface area contributed by atoms with E-state index >= 15 is 0 Å². The molecule has 2 nitrogen and oxygen atoms in total. The SMILES string of the molecule is Cc1cccc(-n2c3ccccc3c3c4c5ccccc5n(-c5cccc(-c6ccc(-c7ccccc7)cc6)c5)c4ccc32)c1. The van der Waals surface area contributed by atoms with Gasteiger partial charge in [0.05, 0.1) is 22.1 Å². The molecule has 212 valence electrons. The number of para-hydroxylation sites is 2. The lowest BCUT2D eigenvalue weighted by atomic mass is 10.00. The molecule has 0 atom stereocenters. The van der Waals surface area contributed by atoms with Crippen LogP contribution >= 0.6 is 0 Å². The Balaban J connectivity index is 1.28. The predicted octanol–water partition coefficient (Wildman–Crippen LogP) is 11.5. The quantitative estimate of drug-likeness (QED) is 0.198. The molecule has 2 heteroatoms. The maximum atomic E-state index is 2.44. The number of hydrogen-bond donors (Lipinski definition) is 0. The van der Waals surface area contributed by atoms with Crippen LogP contribution < -0.4 is 0 Å². The minimum absolute atomic E-state index is 1.16. The highest BCUT2D eigenvalue weighted by Crippen LogP contribution is 2.42. The molecule has 0 aliphatic carbocycles. The van der Waals surface area contributed by atoms with Crippen molar-refractivity contribution in [2.75, 3.05) is 0 Å². The molecule has 0 unspecified atom stereocenters. The van der Waals surface area contributed by atoms with Crippen LogP contribution in [0.2, 0.25) is 0 Å². The van der Waals surface area contributed by atoms with Crippen LogP contribution in [0.4, 0.5) is 0 Å². The number of aromatic nitrogens is 2. The van der Waals surface area contributed by atoms with Gasteiger partial charge in [0.1, 0.15) is 0 Å². The number of fused-ring (bicyclic) bond motifs is 7. The van der Waals surface area contributed by atoms with E-state index in [-0.39, 0.29) is 0 Å². The molecule has 0 bridgehead atoms. The number of benzene rings is 7. The van der Waals surface area contributed by atoms with Gasteiger partial charge in [-0.2, -0.15) is 0 Å². The van der Waals surface area contributed by atoms with Crippen molar-refractivity contribution in [3.63, 3.8) is 0 Å². The molecule has 7 aromatic carbocycles. The molecule has 0 aliphatic rings. The summed E-state index contributed by atoms with van der Waals surface area (Å²) in [6.45, 7) is 2.16. The molecule has 0 aliphatic heterocycles. The Hall–Kier alpha value is -5.86. The normalized spacial score (nSPS) is 11.7. The van der Waals surface area contributed by atoms with Gasteiger partial charge >= 0.3 is 0 Å². The second kappa shape index (κ2) is 10.1. The summed E-state index contributed by atoms with van der Waals surface area (Å²) in [4.78, 5) is 0. The third-order valence-electron chi connectivity index (χ3n) is 9.16. The molecule has 2 aromatic heterocycles. The first-order valence-corrected chi connectivity index (χ1v) is 15.5. The fourth-order valence-corrected chi connectivity index (χ4v) is 7.15. The van der Waals surface area contributed by atoms with Crippen LogP contribution in [0.25, 0.3) is 77.2 Å². The lowest BCUT2D eigenvalue weighted by molar-refractivity contribution is 1.17. The van der Waals surface area contributed by atoms with Crippen molar-refractivity contribution < 1.29 is 0 Å². The molecular formula is C43H30N2. The van der Waals surface area contributed by atoms with Gasteiger partial charge < -0.3 is 9.13 Å². The molecule has 9 rings (SSSR count). The molecule has 0 radical (unpaired) electrons. The van der Waals surface area contributed by atoms with Crippen LogP contribution in [-0.4, -0.2) is 9.13 Å². The van der Waals surface area contributed by atoms with Crippen LogP contribution in [0.15, 0.2) is 164 Å². The zero-order chi connectivity index (χ0) is 29.9. The summed E-state index contributed by atoms with van der Waals surface area (Å²) in [6, 6.07) is 59.5. The van der Waals surface area contributed by atoms with Crippen molar-refractivity contribution in [3.8, 4) is 33.6 Å². The van der Waals surface area contributed by atoms with Crippen molar-refractivity contribution in [1.29, 1.82) is 0 Å². The summed E-state index contributed by atoms with van der Waals surface area (Å²) in [5.74, 6) is 0. The van der Waals surface area contributed by atoms with Crippen LogP contribution in [0, 0.1) is 6.92 Å². The summed E-state index contributed by atoms with van der Waals surface area (Å²) in [5, 5.41) is 5.13. The highest BCUT2D eigenvalue weighted by molar-refractivity contribution is 6.28. The summed E-state index contributed by atoms with van der Waals surface area (Å²) in [7, 11) is 0.